The molecule has 1 aliphatic rings. The molecule has 0 atom stereocenters. The van der Waals surface area contributed by atoms with Gasteiger partial charge < -0.3 is 14.5 Å². The smallest absolute Gasteiger partial charge is 0.348 e. The third kappa shape index (κ3) is 2.72. The number of benzene rings is 3. The van der Waals surface area contributed by atoms with Gasteiger partial charge in [-0.2, -0.15) is 0 Å². The number of aromatic nitrogens is 1. The fraction of sp³-hybridized carbons (Fsp3) is 0.0357. The Morgan fingerprint density at radius 1 is 0.735 bits per heavy atom. The van der Waals surface area contributed by atoms with Crippen LogP contribution >= 0.6 is 0 Å². The van der Waals surface area contributed by atoms with E-state index in [0.29, 0.717) is 16.6 Å². The molecule has 34 heavy (non-hydrogen) atoms. The lowest BCUT2D eigenvalue weighted by molar-refractivity contribution is 0.0977. The highest BCUT2D eigenvalue weighted by atomic mass is 16.4. The van der Waals surface area contributed by atoms with Crippen LogP contribution in [0.1, 0.15) is 37.5 Å². The number of aryl methyl sites for hydroxylation is 1. The molecule has 2 heterocycles. The van der Waals surface area contributed by atoms with Crippen LogP contribution in [0.5, 0.6) is 5.75 Å². The third-order valence-corrected chi connectivity index (χ3v) is 6.22. The van der Waals surface area contributed by atoms with Gasteiger partial charge in [0, 0.05) is 16.7 Å². The number of H-pyrrole nitrogens is 1. The van der Waals surface area contributed by atoms with E-state index in [0.717, 1.165) is 5.56 Å². The highest BCUT2D eigenvalue weighted by Crippen LogP contribution is 2.44. The molecular formula is C28H17NO5. The number of hydrogen-bond acceptors (Lipinski definition) is 5. The number of rotatable bonds is 2. The largest absolute Gasteiger partial charge is 0.506 e. The first-order chi connectivity index (χ1) is 16.5. The summed E-state index contributed by atoms with van der Waals surface area (Å²) in [5.74, 6) is -1.06. The standard InChI is InChI=1S/C28H17NO5/c1-14-11-12-18-19(13-14)34-28(33)22(26(18)31)20-21-24(29-23(20)15-7-3-2-4-8-15)27(32)17-10-6-5-9-16(17)25(21)30/h2-13,29,31H,1H3. The molecule has 6 rings (SSSR count). The molecule has 164 valence electrons. The van der Waals surface area contributed by atoms with E-state index in [9.17, 15) is 19.5 Å². The van der Waals surface area contributed by atoms with E-state index in [1.165, 1.54) is 0 Å². The summed E-state index contributed by atoms with van der Waals surface area (Å²) in [5, 5.41) is 11.6. The topological polar surface area (TPSA) is 100 Å². The van der Waals surface area contributed by atoms with Crippen LogP contribution in [0.25, 0.3) is 33.4 Å². The van der Waals surface area contributed by atoms with Crippen molar-refractivity contribution in [1.29, 1.82) is 0 Å². The summed E-state index contributed by atoms with van der Waals surface area (Å²) in [6.45, 7) is 1.85. The molecule has 1 aliphatic carbocycles. The second kappa shape index (κ2) is 7.15. The van der Waals surface area contributed by atoms with E-state index < -0.39 is 11.4 Å². The summed E-state index contributed by atoms with van der Waals surface area (Å²) in [4.78, 5) is 43.3. The maximum Gasteiger partial charge on any atom is 0.348 e. The van der Waals surface area contributed by atoms with Crippen LogP contribution in [0.4, 0.5) is 0 Å². The number of carbonyl (C=O) groups is 2. The number of fused-ring (bicyclic) bond motifs is 3. The monoisotopic (exact) mass is 447 g/mol. The quantitative estimate of drug-likeness (QED) is 0.353. The second-order valence-electron chi connectivity index (χ2n) is 8.31. The zero-order chi connectivity index (χ0) is 23.6. The van der Waals surface area contributed by atoms with Crippen molar-refractivity contribution in [1.82, 2.24) is 4.98 Å². The third-order valence-electron chi connectivity index (χ3n) is 6.22. The molecule has 0 radical (unpaired) electrons. The van der Waals surface area contributed by atoms with E-state index in [4.69, 9.17) is 4.42 Å². The van der Waals surface area contributed by atoms with Crippen molar-refractivity contribution in [3.8, 4) is 28.1 Å². The fourth-order valence-corrected chi connectivity index (χ4v) is 4.63. The van der Waals surface area contributed by atoms with Gasteiger partial charge in [-0.25, -0.2) is 4.79 Å². The lowest BCUT2D eigenvalue weighted by Gasteiger charge is -2.15. The first kappa shape index (κ1) is 19.9. The van der Waals surface area contributed by atoms with E-state index in [-0.39, 0.29) is 50.6 Å². The number of carbonyl (C=O) groups excluding carboxylic acids is 2. The van der Waals surface area contributed by atoms with Crippen LogP contribution in [0, 0.1) is 6.92 Å². The van der Waals surface area contributed by atoms with Gasteiger partial charge in [-0.15, -0.1) is 0 Å². The minimum Gasteiger partial charge on any atom is -0.506 e. The first-order valence-corrected chi connectivity index (χ1v) is 10.7. The van der Waals surface area contributed by atoms with Crippen molar-refractivity contribution >= 4 is 22.5 Å². The lowest BCUT2D eigenvalue weighted by atomic mass is 9.84. The average molecular weight is 447 g/mol. The van der Waals surface area contributed by atoms with Crippen LogP contribution < -0.4 is 5.63 Å². The minimum atomic E-state index is -0.798. The molecule has 0 fully saturated rings. The van der Waals surface area contributed by atoms with Crippen molar-refractivity contribution in [2.75, 3.05) is 0 Å². The molecule has 2 aromatic heterocycles. The molecule has 0 bridgehead atoms. The molecule has 5 aromatic rings. The zero-order valence-corrected chi connectivity index (χ0v) is 18.0. The average Bonchev–Trinajstić information content (AvgIpc) is 3.23. The van der Waals surface area contributed by atoms with E-state index in [1.807, 2.05) is 25.1 Å². The van der Waals surface area contributed by atoms with Crippen LogP contribution in [-0.4, -0.2) is 21.7 Å². The number of aromatic amines is 1. The maximum absolute atomic E-state index is 13.6. The van der Waals surface area contributed by atoms with Crippen molar-refractivity contribution in [3.63, 3.8) is 0 Å². The number of ketones is 2. The molecule has 0 saturated heterocycles. The van der Waals surface area contributed by atoms with Crippen molar-refractivity contribution in [2.24, 2.45) is 0 Å². The summed E-state index contributed by atoms with van der Waals surface area (Å²) in [7, 11) is 0. The Hall–Kier alpha value is -4.71. The molecule has 3 aromatic carbocycles. The molecule has 2 N–H and O–H groups in total. The molecule has 0 spiro atoms. The van der Waals surface area contributed by atoms with Gasteiger partial charge >= 0.3 is 5.63 Å². The van der Waals surface area contributed by atoms with E-state index >= 15 is 0 Å². The normalized spacial score (nSPS) is 12.6. The van der Waals surface area contributed by atoms with Gasteiger partial charge in [-0.3, -0.25) is 9.59 Å². The highest BCUT2D eigenvalue weighted by molar-refractivity contribution is 6.31. The van der Waals surface area contributed by atoms with E-state index in [1.54, 1.807) is 54.6 Å². The SMILES string of the molecule is Cc1ccc2c(O)c(-c3c(-c4ccccc4)[nH]c4c3C(=O)c3ccccc3C4=O)c(=O)oc2c1. The van der Waals surface area contributed by atoms with Gasteiger partial charge in [0.1, 0.15) is 16.9 Å². The predicted molar refractivity (Wildman–Crippen MR) is 127 cm³/mol. The number of nitrogens with one attached hydrogen (secondary N) is 1. The Bertz CT molecular complexity index is 1720. The summed E-state index contributed by atoms with van der Waals surface area (Å²) < 4.78 is 5.57. The van der Waals surface area contributed by atoms with Gasteiger partial charge in [0.2, 0.25) is 5.78 Å². The number of aromatic hydroxyl groups is 1. The zero-order valence-electron chi connectivity index (χ0n) is 18.0. The molecule has 6 nitrogen and oxygen atoms in total. The Morgan fingerprint density at radius 2 is 1.41 bits per heavy atom. The molecule has 0 unspecified atom stereocenters. The Kier molecular flexibility index (Phi) is 4.19. The molecule has 6 heteroatoms. The predicted octanol–water partition coefficient (Wildman–Crippen LogP) is 5.24. The molecular weight excluding hydrogens is 430 g/mol. The first-order valence-electron chi connectivity index (χ1n) is 10.7. The van der Waals surface area contributed by atoms with Gasteiger partial charge in [0.15, 0.2) is 5.78 Å². The van der Waals surface area contributed by atoms with Gasteiger partial charge in [-0.1, -0.05) is 60.7 Å². The highest BCUT2D eigenvalue weighted by Gasteiger charge is 2.37. The van der Waals surface area contributed by atoms with Gasteiger partial charge in [0.25, 0.3) is 0 Å². The molecule has 0 saturated carbocycles. The Labute approximate surface area is 193 Å². The summed E-state index contributed by atoms with van der Waals surface area (Å²) in [5.41, 5.74) is 2.02. The van der Waals surface area contributed by atoms with E-state index in [2.05, 4.69) is 4.98 Å². The summed E-state index contributed by atoms with van der Waals surface area (Å²) in [6, 6.07) is 20.7. The second-order valence-corrected chi connectivity index (χ2v) is 8.31. The van der Waals surface area contributed by atoms with Crippen LogP contribution in [0.15, 0.2) is 82.0 Å². The molecule has 0 amide bonds. The van der Waals surface area contributed by atoms with Gasteiger partial charge in [-0.05, 0) is 30.2 Å². The Balaban J connectivity index is 1.75. The van der Waals surface area contributed by atoms with Crippen molar-refractivity contribution < 1.29 is 19.1 Å². The maximum atomic E-state index is 13.6. The minimum absolute atomic E-state index is 0.0524. The van der Waals surface area contributed by atoms with Crippen molar-refractivity contribution in [2.45, 2.75) is 6.92 Å². The van der Waals surface area contributed by atoms with Crippen molar-refractivity contribution in [3.05, 3.63) is 111 Å². The fourth-order valence-electron chi connectivity index (χ4n) is 4.63. The van der Waals surface area contributed by atoms with Crippen LogP contribution in [-0.2, 0) is 0 Å². The lowest BCUT2D eigenvalue weighted by Crippen LogP contribution is -2.21. The number of hydrogen-bond donors (Lipinski definition) is 2. The van der Waals surface area contributed by atoms with Crippen LogP contribution in [0.2, 0.25) is 0 Å². The van der Waals surface area contributed by atoms with Crippen LogP contribution in [0.3, 0.4) is 0 Å². The summed E-state index contributed by atoms with van der Waals surface area (Å²) in [6.07, 6.45) is 0. The molecule has 0 aliphatic heterocycles. The summed E-state index contributed by atoms with van der Waals surface area (Å²) >= 11 is 0. The van der Waals surface area contributed by atoms with Gasteiger partial charge in [0.05, 0.1) is 22.3 Å². The Morgan fingerprint density at radius 3 is 2.15 bits per heavy atom.